The monoisotopic (exact) mass is 242 g/mol. The average molecular weight is 243 g/mol. The molecule has 4 heteroatoms. The molecule has 0 radical (unpaired) electrons. The van der Waals surface area contributed by atoms with E-state index in [1.807, 2.05) is 30.0 Å². The second-order valence-electron chi connectivity index (χ2n) is 3.75. The van der Waals surface area contributed by atoms with Gasteiger partial charge < -0.3 is 11.1 Å². The van der Waals surface area contributed by atoms with Crippen LogP contribution in [0.1, 0.15) is 12.8 Å². The molecular weight excluding hydrogens is 228 g/mol. The maximum Gasteiger partial charge on any atom is 0.0453 e. The lowest BCUT2D eigenvalue weighted by atomic mass is 10.2. The molecule has 3 N–H and O–H groups in total. The molecule has 1 heterocycles. The van der Waals surface area contributed by atoms with E-state index < -0.39 is 0 Å². The number of nitrogen functional groups attached to an aromatic ring is 1. The SMILES string of the molecule is Nc1ccc(Cl)cc1SC1CCNCC1. The Labute approximate surface area is 99.6 Å². The Morgan fingerprint density at radius 3 is 2.80 bits per heavy atom. The summed E-state index contributed by atoms with van der Waals surface area (Å²) in [7, 11) is 0. The molecule has 0 saturated carbocycles. The van der Waals surface area contributed by atoms with Gasteiger partial charge >= 0.3 is 0 Å². The van der Waals surface area contributed by atoms with Crippen LogP contribution in [0.3, 0.4) is 0 Å². The van der Waals surface area contributed by atoms with Crippen LogP contribution < -0.4 is 11.1 Å². The highest BCUT2D eigenvalue weighted by atomic mass is 35.5. The number of piperidine rings is 1. The molecular formula is C11H15ClN2S. The standard InChI is InChI=1S/C11H15ClN2S/c12-8-1-2-10(13)11(7-8)15-9-3-5-14-6-4-9/h1-2,7,9,14H,3-6,13H2. The van der Waals surface area contributed by atoms with Crippen LogP contribution in [0.15, 0.2) is 23.1 Å². The number of nitrogens with one attached hydrogen (secondary N) is 1. The smallest absolute Gasteiger partial charge is 0.0453 e. The molecule has 1 fully saturated rings. The van der Waals surface area contributed by atoms with Crippen LogP contribution in [-0.4, -0.2) is 18.3 Å². The Balaban J connectivity index is 2.05. The number of anilines is 1. The summed E-state index contributed by atoms with van der Waals surface area (Å²) < 4.78 is 0. The number of hydrogen-bond acceptors (Lipinski definition) is 3. The summed E-state index contributed by atoms with van der Waals surface area (Å²) in [5, 5.41) is 4.79. The minimum absolute atomic E-state index is 0.673. The van der Waals surface area contributed by atoms with Gasteiger partial charge in [-0.25, -0.2) is 0 Å². The van der Waals surface area contributed by atoms with E-state index in [4.69, 9.17) is 17.3 Å². The van der Waals surface area contributed by atoms with E-state index in [0.717, 1.165) is 28.7 Å². The number of hydrogen-bond donors (Lipinski definition) is 2. The van der Waals surface area contributed by atoms with Crippen LogP contribution in [0.25, 0.3) is 0 Å². The van der Waals surface area contributed by atoms with Gasteiger partial charge in [-0.15, -0.1) is 11.8 Å². The Kier molecular flexibility index (Phi) is 3.78. The summed E-state index contributed by atoms with van der Waals surface area (Å²) in [5.74, 6) is 0. The first-order chi connectivity index (χ1) is 7.25. The summed E-state index contributed by atoms with van der Waals surface area (Å²) >= 11 is 7.81. The molecule has 82 valence electrons. The first-order valence-corrected chi connectivity index (χ1v) is 6.44. The summed E-state index contributed by atoms with van der Waals surface area (Å²) in [4.78, 5) is 1.12. The molecule has 0 aliphatic carbocycles. The topological polar surface area (TPSA) is 38.0 Å². The quantitative estimate of drug-likeness (QED) is 0.784. The molecule has 1 aliphatic heterocycles. The second kappa shape index (κ2) is 5.10. The largest absolute Gasteiger partial charge is 0.398 e. The predicted molar refractivity (Wildman–Crippen MR) is 67.6 cm³/mol. The molecule has 1 aromatic rings. The van der Waals surface area contributed by atoms with Gasteiger partial charge in [0.1, 0.15) is 0 Å². The van der Waals surface area contributed by atoms with Crippen molar-refractivity contribution in [2.75, 3.05) is 18.8 Å². The Hall–Kier alpha value is -0.380. The van der Waals surface area contributed by atoms with Crippen molar-refractivity contribution in [2.45, 2.75) is 23.0 Å². The fraction of sp³-hybridized carbons (Fsp3) is 0.455. The molecule has 0 bridgehead atoms. The van der Waals surface area contributed by atoms with Crippen molar-refractivity contribution in [1.82, 2.24) is 5.32 Å². The van der Waals surface area contributed by atoms with Gasteiger partial charge in [0.15, 0.2) is 0 Å². The number of thioether (sulfide) groups is 1. The van der Waals surface area contributed by atoms with Crippen molar-refractivity contribution >= 4 is 29.1 Å². The highest BCUT2D eigenvalue weighted by molar-refractivity contribution is 8.00. The third-order valence-electron chi connectivity index (χ3n) is 2.56. The highest BCUT2D eigenvalue weighted by Crippen LogP contribution is 2.34. The van der Waals surface area contributed by atoms with E-state index >= 15 is 0 Å². The summed E-state index contributed by atoms with van der Waals surface area (Å²) in [6.45, 7) is 2.22. The minimum Gasteiger partial charge on any atom is -0.398 e. The zero-order chi connectivity index (χ0) is 10.7. The van der Waals surface area contributed by atoms with Crippen molar-refractivity contribution < 1.29 is 0 Å². The van der Waals surface area contributed by atoms with Crippen LogP contribution in [0, 0.1) is 0 Å². The van der Waals surface area contributed by atoms with Crippen molar-refractivity contribution in [3.63, 3.8) is 0 Å². The lowest BCUT2D eigenvalue weighted by molar-refractivity contribution is 0.531. The molecule has 0 unspecified atom stereocenters. The maximum atomic E-state index is 5.95. The third-order valence-corrected chi connectivity index (χ3v) is 4.20. The molecule has 0 amide bonds. The summed E-state index contributed by atoms with van der Waals surface area (Å²) in [6.07, 6.45) is 2.41. The minimum atomic E-state index is 0.673. The van der Waals surface area contributed by atoms with Gasteiger partial charge in [0, 0.05) is 20.9 Å². The number of benzene rings is 1. The zero-order valence-electron chi connectivity index (χ0n) is 8.50. The zero-order valence-corrected chi connectivity index (χ0v) is 10.1. The molecule has 2 rings (SSSR count). The number of rotatable bonds is 2. The van der Waals surface area contributed by atoms with Gasteiger partial charge in [-0.3, -0.25) is 0 Å². The highest BCUT2D eigenvalue weighted by Gasteiger charge is 2.15. The second-order valence-corrected chi connectivity index (χ2v) is 5.53. The molecule has 1 aliphatic rings. The van der Waals surface area contributed by atoms with E-state index in [9.17, 15) is 0 Å². The van der Waals surface area contributed by atoms with Crippen molar-refractivity contribution in [3.8, 4) is 0 Å². The summed E-state index contributed by atoms with van der Waals surface area (Å²) in [6, 6.07) is 5.68. The van der Waals surface area contributed by atoms with Gasteiger partial charge in [-0.05, 0) is 44.1 Å². The van der Waals surface area contributed by atoms with Crippen LogP contribution >= 0.6 is 23.4 Å². The first kappa shape index (κ1) is 11.1. The Morgan fingerprint density at radius 1 is 1.33 bits per heavy atom. The van der Waals surface area contributed by atoms with E-state index in [0.29, 0.717) is 5.25 Å². The number of halogens is 1. The summed E-state index contributed by atoms with van der Waals surface area (Å²) in [5.41, 5.74) is 6.75. The molecule has 1 aromatic carbocycles. The van der Waals surface area contributed by atoms with E-state index in [2.05, 4.69) is 5.32 Å². The van der Waals surface area contributed by atoms with Crippen LogP contribution in [0.2, 0.25) is 5.02 Å². The van der Waals surface area contributed by atoms with Gasteiger partial charge in [-0.2, -0.15) is 0 Å². The molecule has 0 aromatic heterocycles. The van der Waals surface area contributed by atoms with Crippen LogP contribution in [0.4, 0.5) is 5.69 Å². The predicted octanol–water partition coefficient (Wildman–Crippen LogP) is 2.77. The fourth-order valence-corrected chi connectivity index (χ4v) is 3.17. The van der Waals surface area contributed by atoms with Gasteiger partial charge in [0.2, 0.25) is 0 Å². The lowest BCUT2D eigenvalue weighted by Crippen LogP contribution is -2.29. The fourth-order valence-electron chi connectivity index (χ4n) is 1.70. The molecule has 0 spiro atoms. The van der Waals surface area contributed by atoms with Crippen molar-refractivity contribution in [3.05, 3.63) is 23.2 Å². The molecule has 2 nitrogen and oxygen atoms in total. The molecule has 0 atom stereocenters. The van der Waals surface area contributed by atoms with Gasteiger partial charge in [0.25, 0.3) is 0 Å². The average Bonchev–Trinajstić information content (AvgIpc) is 2.25. The molecule has 1 saturated heterocycles. The van der Waals surface area contributed by atoms with E-state index in [1.165, 1.54) is 12.8 Å². The van der Waals surface area contributed by atoms with Crippen LogP contribution in [-0.2, 0) is 0 Å². The Bertz CT molecular complexity index is 337. The molecule has 15 heavy (non-hydrogen) atoms. The lowest BCUT2D eigenvalue weighted by Gasteiger charge is -2.22. The van der Waals surface area contributed by atoms with Gasteiger partial charge in [0.05, 0.1) is 0 Å². The van der Waals surface area contributed by atoms with E-state index in [1.54, 1.807) is 0 Å². The van der Waals surface area contributed by atoms with Crippen molar-refractivity contribution in [2.24, 2.45) is 0 Å². The number of nitrogens with two attached hydrogens (primary N) is 1. The first-order valence-electron chi connectivity index (χ1n) is 5.18. The third kappa shape index (κ3) is 3.03. The Morgan fingerprint density at radius 2 is 2.07 bits per heavy atom. The van der Waals surface area contributed by atoms with Gasteiger partial charge in [-0.1, -0.05) is 11.6 Å². The van der Waals surface area contributed by atoms with Crippen LogP contribution in [0.5, 0.6) is 0 Å². The normalized spacial score (nSPS) is 17.9. The van der Waals surface area contributed by atoms with Crippen molar-refractivity contribution in [1.29, 1.82) is 0 Å². The maximum absolute atomic E-state index is 5.95. The van der Waals surface area contributed by atoms with E-state index in [-0.39, 0.29) is 0 Å².